The van der Waals surface area contributed by atoms with E-state index in [0.717, 1.165) is 19.4 Å². The fraction of sp³-hybridized carbons (Fsp3) is 0.909. The summed E-state index contributed by atoms with van der Waals surface area (Å²) in [5, 5.41) is 9.88. The first-order chi connectivity index (χ1) is 6.96. The summed E-state index contributed by atoms with van der Waals surface area (Å²) in [7, 11) is 0. The minimum Gasteiger partial charge on any atom is -0.390 e. The van der Waals surface area contributed by atoms with Gasteiger partial charge in [-0.25, -0.2) is 0 Å². The Balaban J connectivity index is 2.54. The number of amides is 1. The van der Waals surface area contributed by atoms with Crippen LogP contribution < -0.4 is 5.73 Å². The molecule has 1 rings (SSSR count). The Hall–Kier alpha value is -0.610. The summed E-state index contributed by atoms with van der Waals surface area (Å²) in [5.41, 5.74) is 5.09. The first kappa shape index (κ1) is 12.5. The van der Waals surface area contributed by atoms with Crippen molar-refractivity contribution in [3.05, 3.63) is 0 Å². The third-order valence-electron chi connectivity index (χ3n) is 3.13. The van der Waals surface area contributed by atoms with E-state index in [1.165, 1.54) is 0 Å². The van der Waals surface area contributed by atoms with Crippen molar-refractivity contribution in [1.29, 1.82) is 0 Å². The molecular formula is C11H22N2O2. The van der Waals surface area contributed by atoms with E-state index in [0.29, 0.717) is 19.4 Å². The Morgan fingerprint density at radius 3 is 2.80 bits per heavy atom. The summed E-state index contributed by atoms with van der Waals surface area (Å²) in [6.45, 7) is 5.10. The van der Waals surface area contributed by atoms with Crippen LogP contribution in [0.15, 0.2) is 0 Å². The predicted molar refractivity (Wildman–Crippen MR) is 59.3 cm³/mol. The van der Waals surface area contributed by atoms with Gasteiger partial charge in [-0.3, -0.25) is 4.79 Å². The molecule has 0 aromatic carbocycles. The van der Waals surface area contributed by atoms with Crippen molar-refractivity contribution in [3.63, 3.8) is 0 Å². The van der Waals surface area contributed by atoms with Gasteiger partial charge in [0.05, 0.1) is 11.6 Å². The summed E-state index contributed by atoms with van der Waals surface area (Å²) in [6, 6.07) is -0.381. The standard InChI is InChI=1S/C11H22N2O2/c1-3-9(12)10(14)13-7-4-5-11(2,15)6-8-13/h9,15H,3-8,12H2,1-2H3. The van der Waals surface area contributed by atoms with E-state index >= 15 is 0 Å². The maximum Gasteiger partial charge on any atom is 0.239 e. The molecule has 15 heavy (non-hydrogen) atoms. The van der Waals surface area contributed by atoms with Gasteiger partial charge in [-0.05, 0) is 32.6 Å². The van der Waals surface area contributed by atoms with Crippen molar-refractivity contribution in [1.82, 2.24) is 4.90 Å². The van der Waals surface area contributed by atoms with Crippen LogP contribution in [0.4, 0.5) is 0 Å². The van der Waals surface area contributed by atoms with Gasteiger partial charge >= 0.3 is 0 Å². The highest BCUT2D eigenvalue weighted by Gasteiger charge is 2.28. The molecule has 1 heterocycles. The van der Waals surface area contributed by atoms with Gasteiger partial charge in [0, 0.05) is 13.1 Å². The third kappa shape index (κ3) is 3.47. The van der Waals surface area contributed by atoms with Crippen LogP contribution in [0.3, 0.4) is 0 Å². The summed E-state index contributed by atoms with van der Waals surface area (Å²) in [6.07, 6.45) is 2.94. The number of nitrogens with two attached hydrogens (primary N) is 1. The van der Waals surface area contributed by atoms with E-state index in [1.54, 1.807) is 4.90 Å². The van der Waals surface area contributed by atoms with E-state index < -0.39 is 5.60 Å². The molecule has 88 valence electrons. The van der Waals surface area contributed by atoms with Crippen LogP contribution in [0.2, 0.25) is 0 Å². The highest BCUT2D eigenvalue weighted by atomic mass is 16.3. The topological polar surface area (TPSA) is 66.6 Å². The maximum absolute atomic E-state index is 11.8. The molecule has 4 nitrogen and oxygen atoms in total. The Morgan fingerprint density at radius 2 is 2.20 bits per heavy atom. The van der Waals surface area contributed by atoms with E-state index in [2.05, 4.69) is 0 Å². The Morgan fingerprint density at radius 1 is 1.53 bits per heavy atom. The summed E-state index contributed by atoms with van der Waals surface area (Å²) < 4.78 is 0. The molecule has 0 spiro atoms. The number of carbonyl (C=O) groups is 1. The van der Waals surface area contributed by atoms with Crippen LogP contribution in [0.5, 0.6) is 0 Å². The van der Waals surface area contributed by atoms with Gasteiger partial charge in [0.25, 0.3) is 0 Å². The number of rotatable bonds is 2. The zero-order valence-electron chi connectivity index (χ0n) is 9.70. The zero-order chi connectivity index (χ0) is 11.5. The smallest absolute Gasteiger partial charge is 0.239 e. The van der Waals surface area contributed by atoms with Gasteiger partial charge in [0.15, 0.2) is 0 Å². The lowest BCUT2D eigenvalue weighted by atomic mass is 9.98. The van der Waals surface area contributed by atoms with Crippen molar-refractivity contribution in [2.24, 2.45) is 5.73 Å². The zero-order valence-corrected chi connectivity index (χ0v) is 9.70. The van der Waals surface area contributed by atoms with Gasteiger partial charge in [-0.2, -0.15) is 0 Å². The quantitative estimate of drug-likeness (QED) is 0.703. The normalized spacial score (nSPS) is 29.7. The van der Waals surface area contributed by atoms with Gasteiger partial charge in [-0.15, -0.1) is 0 Å². The molecule has 2 atom stereocenters. The van der Waals surface area contributed by atoms with Crippen molar-refractivity contribution in [2.75, 3.05) is 13.1 Å². The molecule has 0 aromatic rings. The average Bonchev–Trinajstić information content (AvgIpc) is 2.37. The van der Waals surface area contributed by atoms with Crippen molar-refractivity contribution in [2.45, 2.75) is 51.2 Å². The molecule has 1 saturated heterocycles. The Kier molecular flexibility index (Phi) is 4.11. The summed E-state index contributed by atoms with van der Waals surface area (Å²) in [4.78, 5) is 13.6. The summed E-state index contributed by atoms with van der Waals surface area (Å²) >= 11 is 0. The number of nitrogens with zero attached hydrogens (tertiary/aromatic N) is 1. The SMILES string of the molecule is CCC(N)C(=O)N1CCCC(C)(O)CC1. The number of carbonyl (C=O) groups excluding carboxylic acids is 1. The lowest BCUT2D eigenvalue weighted by Crippen LogP contribution is -2.44. The van der Waals surface area contributed by atoms with Gasteiger partial charge in [-0.1, -0.05) is 6.92 Å². The minimum atomic E-state index is -0.620. The third-order valence-corrected chi connectivity index (χ3v) is 3.13. The Labute approximate surface area is 91.4 Å². The van der Waals surface area contributed by atoms with Crippen LogP contribution in [0.25, 0.3) is 0 Å². The first-order valence-electron chi connectivity index (χ1n) is 5.73. The largest absolute Gasteiger partial charge is 0.390 e. The molecule has 3 N–H and O–H groups in total. The fourth-order valence-electron chi connectivity index (χ4n) is 1.89. The van der Waals surface area contributed by atoms with E-state index in [1.807, 2.05) is 13.8 Å². The van der Waals surface area contributed by atoms with Gasteiger partial charge in [0.2, 0.25) is 5.91 Å². The highest BCUT2D eigenvalue weighted by Crippen LogP contribution is 2.21. The first-order valence-corrected chi connectivity index (χ1v) is 5.73. The molecule has 2 unspecified atom stereocenters. The lowest BCUT2D eigenvalue weighted by Gasteiger charge is -2.24. The van der Waals surface area contributed by atoms with Gasteiger partial charge in [0.1, 0.15) is 0 Å². The van der Waals surface area contributed by atoms with Crippen LogP contribution in [-0.4, -0.2) is 40.6 Å². The van der Waals surface area contributed by atoms with Crippen LogP contribution >= 0.6 is 0 Å². The molecule has 0 saturated carbocycles. The molecule has 0 radical (unpaired) electrons. The van der Waals surface area contributed by atoms with E-state index in [9.17, 15) is 9.90 Å². The minimum absolute atomic E-state index is 0.0233. The molecule has 0 aromatic heterocycles. The second-order valence-electron chi connectivity index (χ2n) is 4.69. The number of hydrogen-bond acceptors (Lipinski definition) is 3. The van der Waals surface area contributed by atoms with Gasteiger partial charge < -0.3 is 15.7 Å². The molecule has 1 fully saturated rings. The molecule has 4 heteroatoms. The van der Waals surface area contributed by atoms with Crippen LogP contribution in [0, 0.1) is 0 Å². The second-order valence-corrected chi connectivity index (χ2v) is 4.69. The summed E-state index contributed by atoms with van der Waals surface area (Å²) in [5.74, 6) is 0.0233. The van der Waals surface area contributed by atoms with Crippen LogP contribution in [0.1, 0.15) is 39.5 Å². The molecule has 1 amide bonds. The number of hydrogen-bond donors (Lipinski definition) is 2. The predicted octanol–water partition coefficient (Wildman–Crippen LogP) is 0.487. The average molecular weight is 214 g/mol. The lowest BCUT2D eigenvalue weighted by molar-refractivity contribution is -0.132. The number of likely N-dealkylation sites (tertiary alicyclic amines) is 1. The number of aliphatic hydroxyl groups is 1. The second kappa shape index (κ2) is 4.94. The fourth-order valence-corrected chi connectivity index (χ4v) is 1.89. The van der Waals surface area contributed by atoms with Crippen molar-refractivity contribution in [3.8, 4) is 0 Å². The highest BCUT2D eigenvalue weighted by molar-refractivity contribution is 5.81. The molecule has 0 bridgehead atoms. The Bertz CT molecular complexity index is 229. The van der Waals surface area contributed by atoms with Crippen LogP contribution in [-0.2, 0) is 4.79 Å². The van der Waals surface area contributed by atoms with Crippen molar-refractivity contribution < 1.29 is 9.90 Å². The van der Waals surface area contributed by atoms with Crippen molar-refractivity contribution >= 4 is 5.91 Å². The molecule has 1 aliphatic rings. The molecule has 1 aliphatic heterocycles. The van der Waals surface area contributed by atoms with E-state index in [-0.39, 0.29) is 11.9 Å². The molecular weight excluding hydrogens is 192 g/mol. The maximum atomic E-state index is 11.8. The monoisotopic (exact) mass is 214 g/mol. The van der Waals surface area contributed by atoms with E-state index in [4.69, 9.17) is 5.73 Å². The molecule has 0 aliphatic carbocycles.